The molecule has 2 aliphatic heterocycles. The van der Waals surface area contributed by atoms with Gasteiger partial charge in [-0.2, -0.15) is 0 Å². The minimum Gasteiger partial charge on any atom is -0.491 e. The maximum Gasteiger partial charge on any atom is 0.196 e. The Morgan fingerprint density at radius 1 is 1.05 bits per heavy atom. The van der Waals surface area contributed by atoms with Crippen molar-refractivity contribution in [3.8, 4) is 11.5 Å². The molecule has 2 heterocycles. The maximum absolute atomic E-state index is 13.9. The second kappa shape index (κ2) is 10.2. The van der Waals surface area contributed by atoms with Crippen molar-refractivity contribution < 1.29 is 38.0 Å². The molecule has 1 saturated heterocycles. The van der Waals surface area contributed by atoms with E-state index in [0.717, 1.165) is 5.57 Å². The van der Waals surface area contributed by atoms with Crippen LogP contribution in [0.1, 0.15) is 50.9 Å². The van der Waals surface area contributed by atoms with Gasteiger partial charge in [0.1, 0.15) is 18.1 Å². The molecule has 4 bridgehead atoms. The van der Waals surface area contributed by atoms with Crippen LogP contribution in [-0.4, -0.2) is 75.1 Å². The highest BCUT2D eigenvalue weighted by Gasteiger charge is 2.80. The molecule has 4 unspecified atom stereocenters. The number of carbonyl (C=O) groups excluding carboxylic acids is 2. The molecule has 0 radical (unpaired) electrons. The van der Waals surface area contributed by atoms with Gasteiger partial charge in [0.2, 0.25) is 0 Å². The number of rotatable bonds is 12. The molecule has 4 atom stereocenters. The summed E-state index contributed by atoms with van der Waals surface area (Å²) in [6.07, 6.45) is 4.84. The summed E-state index contributed by atoms with van der Waals surface area (Å²) in [5.41, 5.74) is -0.905. The largest absolute Gasteiger partial charge is 0.491 e. The van der Waals surface area contributed by atoms with Gasteiger partial charge in [-0.05, 0) is 46.2 Å². The van der Waals surface area contributed by atoms with Crippen molar-refractivity contribution in [2.45, 2.75) is 57.3 Å². The second-order valence-electron chi connectivity index (χ2n) is 11.2. The van der Waals surface area contributed by atoms with E-state index in [1.165, 1.54) is 0 Å². The SMILES string of the molecule is COCCOCCOCCOc1ccc2c(c1)OC13C(=CC4CC1C(C)(C)OC3(CC=C(C)C)C4=O)C2=O. The number of allylic oxidation sites excluding steroid dienone is 2. The fourth-order valence-electron chi connectivity index (χ4n) is 6.54. The highest BCUT2D eigenvalue weighted by Crippen LogP contribution is 2.67. The Bertz CT molecular complexity index is 1160. The van der Waals surface area contributed by atoms with E-state index in [-0.39, 0.29) is 23.4 Å². The zero-order chi connectivity index (χ0) is 27.1. The Hall–Kier alpha value is -2.52. The minimum absolute atomic E-state index is 0.00702. The first-order valence-electron chi connectivity index (χ1n) is 13.4. The van der Waals surface area contributed by atoms with Crippen LogP contribution < -0.4 is 9.47 Å². The summed E-state index contributed by atoms with van der Waals surface area (Å²) in [7, 11) is 1.63. The molecule has 8 heteroatoms. The van der Waals surface area contributed by atoms with Gasteiger partial charge in [0.25, 0.3) is 0 Å². The average Bonchev–Trinajstić information content (AvgIpc) is 3.03. The van der Waals surface area contributed by atoms with Crippen LogP contribution in [-0.2, 0) is 23.7 Å². The van der Waals surface area contributed by atoms with Crippen molar-refractivity contribution in [1.29, 1.82) is 0 Å². The van der Waals surface area contributed by atoms with Crippen LogP contribution in [0.4, 0.5) is 0 Å². The molecular weight excluding hydrogens is 488 g/mol. The van der Waals surface area contributed by atoms with E-state index in [4.69, 9.17) is 28.4 Å². The molecule has 0 aromatic heterocycles. The van der Waals surface area contributed by atoms with Crippen molar-refractivity contribution in [2.75, 3.05) is 46.8 Å². The predicted molar refractivity (Wildman–Crippen MR) is 140 cm³/mol. The van der Waals surface area contributed by atoms with Gasteiger partial charge in [0.05, 0.1) is 44.2 Å². The summed E-state index contributed by atoms with van der Waals surface area (Å²) in [4.78, 5) is 27.7. The van der Waals surface area contributed by atoms with Crippen LogP contribution in [0.15, 0.2) is 41.5 Å². The number of Topliss-reactive ketones (excluding diaryl/α,β-unsaturated/α-hetero) is 2. The van der Waals surface area contributed by atoms with Crippen molar-refractivity contribution in [2.24, 2.45) is 11.8 Å². The number of hydrogen-bond donors (Lipinski definition) is 0. The van der Waals surface area contributed by atoms with Crippen LogP contribution in [0.25, 0.3) is 0 Å². The lowest BCUT2D eigenvalue weighted by Crippen LogP contribution is -2.72. The summed E-state index contributed by atoms with van der Waals surface area (Å²) in [5, 5.41) is 0. The summed E-state index contributed by atoms with van der Waals surface area (Å²) >= 11 is 0. The Labute approximate surface area is 224 Å². The van der Waals surface area contributed by atoms with Crippen molar-refractivity contribution >= 4 is 11.6 Å². The van der Waals surface area contributed by atoms with Gasteiger partial charge in [0, 0.05) is 37.0 Å². The number of ether oxygens (including phenoxy) is 6. The highest BCUT2D eigenvalue weighted by atomic mass is 16.6. The minimum atomic E-state index is -1.24. The first-order chi connectivity index (χ1) is 18.2. The highest BCUT2D eigenvalue weighted by molar-refractivity contribution is 6.16. The summed E-state index contributed by atoms with van der Waals surface area (Å²) in [6.45, 7) is 10.8. The third-order valence-electron chi connectivity index (χ3n) is 8.17. The van der Waals surface area contributed by atoms with E-state index >= 15 is 0 Å². The lowest BCUT2D eigenvalue weighted by molar-refractivity contribution is -0.171. The van der Waals surface area contributed by atoms with Crippen LogP contribution in [0.5, 0.6) is 11.5 Å². The van der Waals surface area contributed by atoms with Crippen LogP contribution >= 0.6 is 0 Å². The molecule has 1 saturated carbocycles. The van der Waals surface area contributed by atoms with Gasteiger partial charge in [-0.1, -0.05) is 17.7 Å². The normalized spacial score (nSPS) is 29.9. The average molecular weight is 527 g/mol. The first-order valence-corrected chi connectivity index (χ1v) is 13.4. The molecule has 3 aliphatic carbocycles. The van der Waals surface area contributed by atoms with E-state index in [1.54, 1.807) is 25.3 Å². The van der Waals surface area contributed by atoms with Gasteiger partial charge >= 0.3 is 0 Å². The predicted octanol–water partition coefficient (Wildman–Crippen LogP) is 4.11. The van der Waals surface area contributed by atoms with Crippen molar-refractivity contribution in [1.82, 2.24) is 0 Å². The quantitative estimate of drug-likeness (QED) is 0.297. The lowest BCUT2D eigenvalue weighted by Gasteiger charge is -2.56. The monoisotopic (exact) mass is 526 g/mol. The molecule has 1 spiro atoms. The molecule has 8 nitrogen and oxygen atoms in total. The van der Waals surface area contributed by atoms with E-state index in [1.807, 2.05) is 39.8 Å². The number of hydrogen-bond acceptors (Lipinski definition) is 8. The van der Waals surface area contributed by atoms with Crippen molar-refractivity contribution in [3.63, 3.8) is 0 Å². The molecule has 1 aromatic carbocycles. The Morgan fingerprint density at radius 3 is 2.47 bits per heavy atom. The summed E-state index contributed by atoms with van der Waals surface area (Å²) in [6, 6.07) is 5.26. The third kappa shape index (κ3) is 4.22. The lowest BCUT2D eigenvalue weighted by atomic mass is 9.51. The molecule has 1 aromatic rings. The van der Waals surface area contributed by atoms with Crippen LogP contribution in [0.3, 0.4) is 0 Å². The fourth-order valence-corrected chi connectivity index (χ4v) is 6.54. The molecule has 0 N–H and O–H groups in total. The molecule has 2 fully saturated rings. The van der Waals surface area contributed by atoms with E-state index in [0.29, 0.717) is 75.1 Å². The molecule has 206 valence electrons. The smallest absolute Gasteiger partial charge is 0.196 e. The number of methoxy groups -OCH3 is 1. The van der Waals surface area contributed by atoms with Crippen LogP contribution in [0.2, 0.25) is 0 Å². The molecule has 38 heavy (non-hydrogen) atoms. The first kappa shape index (κ1) is 27.1. The number of carbonyl (C=O) groups is 2. The van der Waals surface area contributed by atoms with Crippen molar-refractivity contribution in [3.05, 3.63) is 47.1 Å². The maximum atomic E-state index is 13.9. The zero-order valence-corrected chi connectivity index (χ0v) is 23.0. The Balaban J connectivity index is 1.37. The topological polar surface area (TPSA) is 89.5 Å². The molecular formula is C30H38O8. The van der Waals surface area contributed by atoms with Gasteiger partial charge in [-0.25, -0.2) is 0 Å². The van der Waals surface area contributed by atoms with Crippen LogP contribution in [0, 0.1) is 11.8 Å². The molecule has 5 aliphatic rings. The zero-order valence-electron chi connectivity index (χ0n) is 23.0. The standard InChI is InChI=1S/C30H38O8/c1-19(2)8-9-29-27(32)20-16-23-26(31)22-7-6-21(36-15-14-35-13-12-34-11-10-33-5)18-24(22)37-30(23,29)25(17-20)28(3,4)38-29/h6-8,16,18,20,25H,9-15,17H2,1-5H3. The fraction of sp³-hybridized carbons (Fsp3) is 0.600. The Morgan fingerprint density at radius 2 is 1.76 bits per heavy atom. The number of fused-ring (bicyclic) bond motifs is 1. The van der Waals surface area contributed by atoms with E-state index < -0.39 is 16.8 Å². The Kier molecular flexibility index (Phi) is 7.28. The summed E-state index contributed by atoms with van der Waals surface area (Å²) in [5.74, 6) is 0.433. The van der Waals surface area contributed by atoms with Gasteiger partial charge in [-0.15, -0.1) is 0 Å². The van der Waals surface area contributed by atoms with Gasteiger partial charge in [-0.3, -0.25) is 9.59 Å². The number of ketones is 2. The molecule has 6 rings (SSSR count). The van der Waals surface area contributed by atoms with E-state index in [9.17, 15) is 9.59 Å². The third-order valence-corrected chi connectivity index (χ3v) is 8.17. The molecule has 0 amide bonds. The second-order valence-corrected chi connectivity index (χ2v) is 11.2. The van der Waals surface area contributed by atoms with Gasteiger partial charge < -0.3 is 28.4 Å². The summed E-state index contributed by atoms with van der Waals surface area (Å²) < 4.78 is 35.3. The van der Waals surface area contributed by atoms with Gasteiger partial charge in [0.15, 0.2) is 22.8 Å². The van der Waals surface area contributed by atoms with E-state index in [2.05, 4.69) is 0 Å². The number of benzene rings is 1.